The Balaban J connectivity index is 3.60. The van der Waals surface area contributed by atoms with E-state index in [0.717, 1.165) is 0 Å². The SMILES string of the molecule is C=CC(N)C(N)C=C. The Kier molecular flexibility index (Phi) is 3.15. The predicted molar refractivity (Wildman–Crippen MR) is 36.3 cm³/mol. The first kappa shape index (κ1) is 7.40. The van der Waals surface area contributed by atoms with Gasteiger partial charge in [0.2, 0.25) is 0 Å². The molecule has 0 aromatic rings. The summed E-state index contributed by atoms with van der Waals surface area (Å²) >= 11 is 0. The van der Waals surface area contributed by atoms with E-state index < -0.39 is 0 Å². The zero-order chi connectivity index (χ0) is 6.57. The number of hydrogen-bond acceptors (Lipinski definition) is 2. The van der Waals surface area contributed by atoms with E-state index >= 15 is 0 Å². The molecule has 0 radical (unpaired) electrons. The molecule has 2 unspecified atom stereocenters. The van der Waals surface area contributed by atoms with Crippen LogP contribution >= 0.6 is 0 Å². The van der Waals surface area contributed by atoms with Gasteiger partial charge in [-0.15, -0.1) is 13.2 Å². The van der Waals surface area contributed by atoms with Gasteiger partial charge in [0.25, 0.3) is 0 Å². The highest BCUT2D eigenvalue weighted by molar-refractivity contribution is 4.99. The van der Waals surface area contributed by atoms with Crippen LogP contribution in [-0.2, 0) is 0 Å². The Morgan fingerprint density at radius 3 is 1.38 bits per heavy atom. The quantitative estimate of drug-likeness (QED) is 0.505. The first-order valence-electron chi connectivity index (χ1n) is 2.48. The molecule has 0 saturated heterocycles. The largest absolute Gasteiger partial charge is 0.323 e. The normalized spacial score (nSPS) is 16.8. The van der Waals surface area contributed by atoms with E-state index in [1.54, 1.807) is 12.2 Å². The highest BCUT2D eigenvalue weighted by atomic mass is 14.8. The zero-order valence-corrected chi connectivity index (χ0v) is 4.88. The molecule has 0 spiro atoms. The number of nitrogens with two attached hydrogens (primary N) is 2. The minimum absolute atomic E-state index is 0.160. The molecular formula is C6H12N2. The molecule has 8 heavy (non-hydrogen) atoms. The summed E-state index contributed by atoms with van der Waals surface area (Å²) in [5.74, 6) is 0. The van der Waals surface area contributed by atoms with Gasteiger partial charge >= 0.3 is 0 Å². The molecule has 0 aliphatic heterocycles. The molecule has 0 rings (SSSR count). The lowest BCUT2D eigenvalue weighted by Gasteiger charge is -2.09. The molecule has 2 heteroatoms. The van der Waals surface area contributed by atoms with Gasteiger partial charge in [-0.3, -0.25) is 0 Å². The van der Waals surface area contributed by atoms with E-state index in [1.807, 2.05) is 0 Å². The summed E-state index contributed by atoms with van der Waals surface area (Å²) in [5, 5.41) is 0. The van der Waals surface area contributed by atoms with Crippen LogP contribution in [-0.4, -0.2) is 12.1 Å². The average molecular weight is 112 g/mol. The van der Waals surface area contributed by atoms with Crippen molar-refractivity contribution in [1.29, 1.82) is 0 Å². The summed E-state index contributed by atoms with van der Waals surface area (Å²) in [7, 11) is 0. The fraction of sp³-hybridized carbons (Fsp3) is 0.333. The molecular weight excluding hydrogens is 100 g/mol. The molecule has 0 bridgehead atoms. The number of hydrogen-bond donors (Lipinski definition) is 2. The van der Waals surface area contributed by atoms with Gasteiger partial charge < -0.3 is 11.5 Å². The Hall–Kier alpha value is -0.600. The Bertz CT molecular complexity index is 76.5. The topological polar surface area (TPSA) is 52.0 Å². The summed E-state index contributed by atoms with van der Waals surface area (Å²) in [5.41, 5.74) is 10.8. The zero-order valence-electron chi connectivity index (χ0n) is 4.88. The molecule has 46 valence electrons. The van der Waals surface area contributed by atoms with Crippen LogP contribution in [0.15, 0.2) is 25.3 Å². The lowest BCUT2D eigenvalue weighted by atomic mass is 10.1. The van der Waals surface area contributed by atoms with Gasteiger partial charge in [0, 0.05) is 12.1 Å². The third-order valence-electron chi connectivity index (χ3n) is 0.989. The molecule has 0 saturated carbocycles. The summed E-state index contributed by atoms with van der Waals surface area (Å²) in [6, 6.07) is -0.319. The average Bonchev–Trinajstić information content (AvgIpc) is 1.84. The van der Waals surface area contributed by atoms with Crippen LogP contribution in [0.2, 0.25) is 0 Å². The van der Waals surface area contributed by atoms with Crippen LogP contribution in [0.5, 0.6) is 0 Å². The van der Waals surface area contributed by atoms with Gasteiger partial charge in [-0.05, 0) is 0 Å². The van der Waals surface area contributed by atoms with Gasteiger partial charge in [0.05, 0.1) is 0 Å². The summed E-state index contributed by atoms with van der Waals surface area (Å²) in [6.45, 7) is 6.95. The third kappa shape index (κ3) is 1.91. The van der Waals surface area contributed by atoms with Crippen molar-refractivity contribution in [3.63, 3.8) is 0 Å². The van der Waals surface area contributed by atoms with E-state index in [-0.39, 0.29) is 12.1 Å². The van der Waals surface area contributed by atoms with Crippen molar-refractivity contribution in [3.8, 4) is 0 Å². The Morgan fingerprint density at radius 2 is 1.25 bits per heavy atom. The molecule has 0 amide bonds. The third-order valence-corrected chi connectivity index (χ3v) is 0.989. The van der Waals surface area contributed by atoms with Crippen molar-refractivity contribution in [1.82, 2.24) is 0 Å². The van der Waals surface area contributed by atoms with Gasteiger partial charge in [0.1, 0.15) is 0 Å². The maximum Gasteiger partial charge on any atom is 0.0411 e. The van der Waals surface area contributed by atoms with Crippen molar-refractivity contribution >= 4 is 0 Å². The fourth-order valence-corrected chi connectivity index (χ4v) is 0.314. The van der Waals surface area contributed by atoms with E-state index in [2.05, 4.69) is 13.2 Å². The van der Waals surface area contributed by atoms with Crippen LogP contribution in [0.25, 0.3) is 0 Å². The van der Waals surface area contributed by atoms with Crippen molar-refractivity contribution in [3.05, 3.63) is 25.3 Å². The molecule has 2 nitrogen and oxygen atoms in total. The minimum atomic E-state index is -0.160. The van der Waals surface area contributed by atoms with Crippen molar-refractivity contribution in [2.45, 2.75) is 12.1 Å². The lowest BCUT2D eigenvalue weighted by molar-refractivity contribution is 0.708. The maximum atomic E-state index is 5.41. The van der Waals surface area contributed by atoms with E-state index in [9.17, 15) is 0 Å². The number of rotatable bonds is 3. The molecule has 0 aliphatic carbocycles. The van der Waals surface area contributed by atoms with Crippen LogP contribution in [0.1, 0.15) is 0 Å². The standard InChI is InChI=1S/C6H12N2/c1-3-5(7)6(8)4-2/h3-6H,1-2,7-8H2. The molecule has 2 atom stereocenters. The summed E-state index contributed by atoms with van der Waals surface area (Å²) < 4.78 is 0. The second-order valence-electron chi connectivity index (χ2n) is 1.63. The van der Waals surface area contributed by atoms with Crippen molar-refractivity contribution in [2.75, 3.05) is 0 Å². The predicted octanol–water partition coefficient (Wildman–Crippen LogP) is 0.0130. The summed E-state index contributed by atoms with van der Waals surface area (Å²) in [4.78, 5) is 0. The second-order valence-corrected chi connectivity index (χ2v) is 1.63. The van der Waals surface area contributed by atoms with E-state index in [4.69, 9.17) is 11.5 Å². The Morgan fingerprint density at radius 1 is 1.00 bits per heavy atom. The van der Waals surface area contributed by atoms with Crippen LogP contribution in [0, 0.1) is 0 Å². The van der Waals surface area contributed by atoms with Crippen LogP contribution in [0.4, 0.5) is 0 Å². The van der Waals surface area contributed by atoms with E-state index in [1.165, 1.54) is 0 Å². The molecule has 0 heterocycles. The van der Waals surface area contributed by atoms with Crippen LogP contribution in [0.3, 0.4) is 0 Å². The first-order valence-corrected chi connectivity index (χ1v) is 2.48. The fourth-order valence-electron chi connectivity index (χ4n) is 0.314. The highest BCUT2D eigenvalue weighted by Gasteiger charge is 2.01. The maximum absolute atomic E-state index is 5.41. The summed E-state index contributed by atoms with van der Waals surface area (Å²) in [6.07, 6.45) is 3.21. The lowest BCUT2D eigenvalue weighted by Crippen LogP contribution is -2.37. The van der Waals surface area contributed by atoms with Gasteiger partial charge in [0.15, 0.2) is 0 Å². The molecule has 0 aromatic carbocycles. The van der Waals surface area contributed by atoms with Crippen molar-refractivity contribution < 1.29 is 0 Å². The highest BCUT2D eigenvalue weighted by Crippen LogP contribution is 1.86. The molecule has 0 aromatic heterocycles. The smallest absolute Gasteiger partial charge is 0.0411 e. The van der Waals surface area contributed by atoms with Crippen LogP contribution < -0.4 is 11.5 Å². The molecule has 4 N–H and O–H groups in total. The minimum Gasteiger partial charge on any atom is -0.323 e. The first-order chi connectivity index (χ1) is 3.72. The van der Waals surface area contributed by atoms with Gasteiger partial charge in [-0.25, -0.2) is 0 Å². The monoisotopic (exact) mass is 112 g/mol. The molecule has 0 aliphatic rings. The second kappa shape index (κ2) is 3.41. The van der Waals surface area contributed by atoms with Gasteiger partial charge in [-0.1, -0.05) is 12.2 Å². The van der Waals surface area contributed by atoms with Gasteiger partial charge in [-0.2, -0.15) is 0 Å². The Labute approximate surface area is 49.9 Å². The van der Waals surface area contributed by atoms with Crippen molar-refractivity contribution in [2.24, 2.45) is 11.5 Å². The molecule has 0 fully saturated rings. The van der Waals surface area contributed by atoms with E-state index in [0.29, 0.717) is 0 Å².